The minimum Gasteiger partial charge on any atom is -0.496 e. The third-order valence-electron chi connectivity index (χ3n) is 6.10. The second-order valence-electron chi connectivity index (χ2n) is 8.14. The van der Waals surface area contributed by atoms with Crippen molar-refractivity contribution in [1.82, 2.24) is 10.6 Å². The van der Waals surface area contributed by atoms with E-state index >= 15 is 0 Å². The average molecular weight is 453 g/mol. The van der Waals surface area contributed by atoms with E-state index in [4.69, 9.17) is 15.2 Å². The quantitative estimate of drug-likeness (QED) is 0.438. The number of hydrogen-bond acceptors (Lipinski definition) is 4. The van der Waals surface area contributed by atoms with Crippen LogP contribution in [0.5, 0.6) is 5.75 Å². The van der Waals surface area contributed by atoms with Crippen molar-refractivity contribution in [2.24, 2.45) is 10.7 Å². The van der Waals surface area contributed by atoms with Crippen molar-refractivity contribution >= 4 is 18.0 Å². The summed E-state index contributed by atoms with van der Waals surface area (Å²) in [6.07, 6.45) is 2.62. The number of nitrogens with zero attached hydrogens (tertiary/aromatic N) is 1. The van der Waals surface area contributed by atoms with Crippen LogP contribution in [0.1, 0.15) is 48.5 Å². The fourth-order valence-corrected chi connectivity index (χ4v) is 4.35. The van der Waals surface area contributed by atoms with Crippen LogP contribution in [0.4, 0.5) is 4.79 Å². The third-order valence-corrected chi connectivity index (χ3v) is 6.10. The number of benzene rings is 2. The number of para-hydroxylation sites is 1. The van der Waals surface area contributed by atoms with E-state index in [-0.39, 0.29) is 29.9 Å². The highest BCUT2D eigenvalue weighted by Gasteiger charge is 2.37. The van der Waals surface area contributed by atoms with Gasteiger partial charge in [-0.2, -0.15) is 0 Å². The minimum absolute atomic E-state index is 0.0649. The van der Waals surface area contributed by atoms with E-state index in [1.807, 2.05) is 30.3 Å². The maximum absolute atomic E-state index is 12.9. The molecule has 0 aromatic heterocycles. The van der Waals surface area contributed by atoms with Crippen molar-refractivity contribution < 1.29 is 19.1 Å². The summed E-state index contributed by atoms with van der Waals surface area (Å²) in [5, 5.41) is 6.26. The molecule has 3 rings (SSSR count). The molecule has 4 N–H and O–H groups in total. The molecule has 176 valence electrons. The summed E-state index contributed by atoms with van der Waals surface area (Å²) in [6.45, 7) is 2.47. The Hall–Kier alpha value is -3.55. The van der Waals surface area contributed by atoms with Crippen LogP contribution in [-0.2, 0) is 10.2 Å². The fourth-order valence-electron chi connectivity index (χ4n) is 4.35. The first-order chi connectivity index (χ1) is 16.0. The summed E-state index contributed by atoms with van der Waals surface area (Å²) in [6, 6.07) is 17.5. The van der Waals surface area contributed by atoms with Gasteiger partial charge in [0.1, 0.15) is 5.75 Å². The van der Waals surface area contributed by atoms with Crippen molar-refractivity contribution in [3.05, 3.63) is 65.7 Å². The lowest BCUT2D eigenvalue weighted by atomic mass is 9.68. The largest absolute Gasteiger partial charge is 0.496 e. The number of ether oxygens (including phenoxy) is 2. The molecular formula is C25H32N4O4. The van der Waals surface area contributed by atoms with Gasteiger partial charge in [-0.05, 0) is 50.3 Å². The van der Waals surface area contributed by atoms with Gasteiger partial charge in [-0.25, -0.2) is 4.79 Å². The molecular weight excluding hydrogens is 420 g/mol. The number of rotatable bonds is 7. The van der Waals surface area contributed by atoms with Gasteiger partial charge in [0, 0.05) is 18.0 Å². The smallest absolute Gasteiger partial charge is 0.436 e. The molecule has 0 heterocycles. The van der Waals surface area contributed by atoms with Crippen LogP contribution in [0.25, 0.3) is 0 Å². The predicted molar refractivity (Wildman–Crippen MR) is 127 cm³/mol. The topological polar surface area (TPSA) is 115 Å². The van der Waals surface area contributed by atoms with Crippen LogP contribution in [0, 0.1) is 0 Å². The Bertz CT molecular complexity index is 969. The molecule has 0 saturated heterocycles. The van der Waals surface area contributed by atoms with Gasteiger partial charge >= 0.3 is 6.09 Å². The van der Waals surface area contributed by atoms with Gasteiger partial charge < -0.3 is 25.8 Å². The van der Waals surface area contributed by atoms with E-state index < -0.39 is 6.09 Å². The molecule has 0 radical (unpaired) electrons. The SMILES string of the molecule is CCOC(=O)N=C(N)N[C@H]1CC[C@](CNC(=O)c2ccccc2OC)(c2ccccc2)CC1. The second kappa shape index (κ2) is 11.4. The summed E-state index contributed by atoms with van der Waals surface area (Å²) < 4.78 is 10.1. The molecule has 2 amide bonds. The molecule has 0 spiro atoms. The molecule has 1 saturated carbocycles. The number of carbonyl (C=O) groups is 2. The minimum atomic E-state index is -0.698. The van der Waals surface area contributed by atoms with Gasteiger partial charge in [0.2, 0.25) is 0 Å². The van der Waals surface area contributed by atoms with Crippen LogP contribution in [0.2, 0.25) is 0 Å². The molecule has 33 heavy (non-hydrogen) atoms. The van der Waals surface area contributed by atoms with E-state index in [1.165, 1.54) is 5.56 Å². The van der Waals surface area contributed by atoms with Gasteiger partial charge in [0.15, 0.2) is 5.96 Å². The van der Waals surface area contributed by atoms with Crippen molar-refractivity contribution in [2.45, 2.75) is 44.1 Å². The summed E-state index contributed by atoms with van der Waals surface area (Å²) in [4.78, 5) is 28.2. The standard InChI is InChI=1S/C25H32N4O4/c1-3-33-24(31)29-23(26)28-19-13-15-25(16-14-19,18-9-5-4-6-10-18)17-27-22(30)20-11-7-8-12-21(20)32-2/h4-12,19H,3,13-17H2,1-2H3,(H,27,30)(H3,26,28,29,31)/t19-,25-. The zero-order valence-corrected chi connectivity index (χ0v) is 19.2. The lowest BCUT2D eigenvalue weighted by Gasteiger charge is -2.41. The van der Waals surface area contributed by atoms with E-state index in [9.17, 15) is 9.59 Å². The molecule has 0 bridgehead atoms. The summed E-state index contributed by atoms with van der Waals surface area (Å²) in [5.74, 6) is 0.456. The predicted octanol–water partition coefficient (Wildman–Crippen LogP) is 3.37. The molecule has 1 fully saturated rings. The van der Waals surface area contributed by atoms with E-state index in [1.54, 1.807) is 26.2 Å². The number of amides is 2. The van der Waals surface area contributed by atoms with Crippen LogP contribution in [0.3, 0.4) is 0 Å². The normalized spacial score (nSPS) is 20.5. The Labute approximate surface area is 194 Å². The summed E-state index contributed by atoms with van der Waals surface area (Å²) >= 11 is 0. The lowest BCUT2D eigenvalue weighted by Crippen LogP contribution is -2.49. The fraction of sp³-hybridized carbons (Fsp3) is 0.400. The van der Waals surface area contributed by atoms with Crippen LogP contribution in [-0.4, -0.2) is 44.3 Å². The molecule has 0 unspecified atom stereocenters. The molecule has 0 atom stereocenters. The van der Waals surface area contributed by atoms with Gasteiger partial charge in [-0.3, -0.25) is 4.79 Å². The first kappa shape index (κ1) is 24.1. The van der Waals surface area contributed by atoms with Gasteiger partial charge in [-0.15, -0.1) is 4.99 Å². The molecule has 1 aliphatic carbocycles. The van der Waals surface area contributed by atoms with E-state index in [2.05, 4.69) is 27.8 Å². The molecule has 2 aromatic carbocycles. The summed E-state index contributed by atoms with van der Waals surface area (Å²) in [5.41, 5.74) is 7.38. The average Bonchev–Trinajstić information content (AvgIpc) is 2.84. The Morgan fingerprint density at radius 1 is 1.09 bits per heavy atom. The lowest BCUT2D eigenvalue weighted by molar-refractivity contribution is 0.0932. The van der Waals surface area contributed by atoms with Crippen molar-refractivity contribution in [2.75, 3.05) is 20.3 Å². The van der Waals surface area contributed by atoms with Crippen LogP contribution in [0.15, 0.2) is 59.6 Å². The number of aliphatic imine (C=N–C) groups is 1. The number of nitrogens with one attached hydrogen (secondary N) is 2. The molecule has 1 aliphatic rings. The molecule has 2 aromatic rings. The number of guanidine groups is 1. The maximum Gasteiger partial charge on any atom is 0.436 e. The molecule has 8 heteroatoms. The molecule has 8 nitrogen and oxygen atoms in total. The van der Waals surface area contributed by atoms with Crippen LogP contribution >= 0.6 is 0 Å². The highest BCUT2D eigenvalue weighted by molar-refractivity contribution is 5.97. The Morgan fingerprint density at radius 2 is 1.76 bits per heavy atom. The van der Waals surface area contributed by atoms with E-state index in [0.717, 1.165) is 25.7 Å². The number of hydrogen-bond donors (Lipinski definition) is 3. The first-order valence-electron chi connectivity index (χ1n) is 11.2. The van der Waals surface area contributed by atoms with E-state index in [0.29, 0.717) is 17.9 Å². The van der Waals surface area contributed by atoms with Gasteiger partial charge in [0.05, 0.1) is 19.3 Å². The Kier molecular flexibility index (Phi) is 8.29. The monoisotopic (exact) mass is 452 g/mol. The van der Waals surface area contributed by atoms with Crippen molar-refractivity contribution in [3.8, 4) is 5.75 Å². The molecule has 0 aliphatic heterocycles. The maximum atomic E-state index is 12.9. The van der Waals surface area contributed by atoms with Gasteiger partial charge in [-0.1, -0.05) is 42.5 Å². The third kappa shape index (κ3) is 6.25. The highest BCUT2D eigenvalue weighted by Crippen LogP contribution is 2.39. The Balaban J connectivity index is 1.69. The van der Waals surface area contributed by atoms with Crippen molar-refractivity contribution in [1.29, 1.82) is 0 Å². The first-order valence-corrected chi connectivity index (χ1v) is 11.2. The highest BCUT2D eigenvalue weighted by atomic mass is 16.5. The zero-order valence-electron chi connectivity index (χ0n) is 19.2. The van der Waals surface area contributed by atoms with Gasteiger partial charge in [0.25, 0.3) is 5.91 Å². The number of nitrogens with two attached hydrogens (primary N) is 1. The number of methoxy groups -OCH3 is 1. The second-order valence-corrected chi connectivity index (χ2v) is 8.14. The van der Waals surface area contributed by atoms with Crippen LogP contribution < -0.4 is 21.1 Å². The zero-order chi connectivity index (χ0) is 23.7. The Morgan fingerprint density at radius 3 is 2.42 bits per heavy atom. The summed E-state index contributed by atoms with van der Waals surface area (Å²) in [7, 11) is 1.56. The van der Waals surface area contributed by atoms with Crippen molar-refractivity contribution in [3.63, 3.8) is 0 Å². The number of carbonyl (C=O) groups excluding carboxylic acids is 2.